The zero-order valence-corrected chi connectivity index (χ0v) is 9.89. The van der Waals surface area contributed by atoms with E-state index in [-0.39, 0.29) is 6.04 Å². The van der Waals surface area contributed by atoms with Crippen LogP contribution in [-0.2, 0) is 9.84 Å². The van der Waals surface area contributed by atoms with Gasteiger partial charge in [-0.05, 0) is 32.6 Å². The largest absolute Gasteiger partial charge is 0.271 e. The van der Waals surface area contributed by atoms with Crippen LogP contribution < -0.4 is 11.3 Å². The van der Waals surface area contributed by atoms with Crippen molar-refractivity contribution < 1.29 is 8.42 Å². The summed E-state index contributed by atoms with van der Waals surface area (Å²) in [5, 5.41) is 0. The smallest absolute Gasteiger partial charge is 0.154 e. The van der Waals surface area contributed by atoms with Crippen LogP contribution >= 0.6 is 0 Å². The molecule has 3 N–H and O–H groups in total. The monoisotopic (exact) mass is 220 g/mol. The number of sulfone groups is 1. The minimum atomic E-state index is -3.08. The van der Waals surface area contributed by atoms with Crippen LogP contribution in [0.25, 0.3) is 0 Å². The topological polar surface area (TPSA) is 72.2 Å². The molecule has 4 nitrogen and oxygen atoms in total. The first-order chi connectivity index (χ1) is 6.30. The second-order valence-corrected chi connectivity index (χ2v) is 7.31. The van der Waals surface area contributed by atoms with E-state index in [0.29, 0.717) is 5.92 Å². The summed E-state index contributed by atoms with van der Waals surface area (Å²) in [5.74, 6) is 5.86. The first-order valence-corrected chi connectivity index (χ1v) is 6.85. The third kappa shape index (κ3) is 1.94. The normalized spacial score (nSPS) is 21.7. The number of nitrogens with two attached hydrogens (primary N) is 1. The van der Waals surface area contributed by atoms with Gasteiger partial charge in [0.15, 0.2) is 9.84 Å². The van der Waals surface area contributed by atoms with Gasteiger partial charge in [0.1, 0.15) is 0 Å². The molecule has 0 aliphatic heterocycles. The molecule has 1 rings (SSSR count). The molecule has 0 spiro atoms. The lowest BCUT2D eigenvalue weighted by Crippen LogP contribution is -2.58. The highest BCUT2D eigenvalue weighted by Crippen LogP contribution is 2.36. The summed E-state index contributed by atoms with van der Waals surface area (Å²) in [6.45, 7) is 3.48. The molecule has 0 aromatic heterocycles. The van der Waals surface area contributed by atoms with Gasteiger partial charge in [0, 0.05) is 12.3 Å². The molecular weight excluding hydrogens is 200 g/mol. The number of rotatable bonds is 4. The Morgan fingerprint density at radius 1 is 1.43 bits per heavy atom. The van der Waals surface area contributed by atoms with Gasteiger partial charge < -0.3 is 0 Å². The van der Waals surface area contributed by atoms with Gasteiger partial charge in [-0.2, -0.15) is 0 Å². The van der Waals surface area contributed by atoms with Gasteiger partial charge in [-0.3, -0.25) is 11.3 Å². The average Bonchev–Trinajstić information content (AvgIpc) is 1.93. The summed E-state index contributed by atoms with van der Waals surface area (Å²) >= 11 is 0. The molecule has 5 heteroatoms. The average molecular weight is 220 g/mol. The molecule has 0 bridgehead atoms. The molecule has 0 heterocycles. The van der Waals surface area contributed by atoms with E-state index in [1.807, 2.05) is 0 Å². The van der Waals surface area contributed by atoms with Gasteiger partial charge in [-0.1, -0.05) is 6.42 Å². The molecule has 0 saturated heterocycles. The quantitative estimate of drug-likeness (QED) is 0.533. The van der Waals surface area contributed by atoms with E-state index in [1.54, 1.807) is 13.8 Å². The summed E-state index contributed by atoms with van der Waals surface area (Å²) in [6, 6.07) is -0.133. The first kappa shape index (κ1) is 11.9. The second kappa shape index (κ2) is 3.79. The zero-order chi connectivity index (χ0) is 11.0. The summed E-state index contributed by atoms with van der Waals surface area (Å²) < 4.78 is 22.4. The lowest BCUT2D eigenvalue weighted by Gasteiger charge is -2.41. The molecule has 1 fully saturated rings. The molecule has 0 aromatic carbocycles. The molecule has 1 unspecified atom stereocenters. The van der Waals surface area contributed by atoms with Crippen molar-refractivity contribution in [2.24, 2.45) is 11.8 Å². The SMILES string of the molecule is CC(C)(C(NN)C1CCC1)S(C)(=O)=O. The molecular formula is C9H20N2O2S. The van der Waals surface area contributed by atoms with E-state index in [0.717, 1.165) is 12.8 Å². The third-order valence-electron chi connectivity index (χ3n) is 3.51. The summed E-state index contributed by atoms with van der Waals surface area (Å²) in [7, 11) is -3.08. The molecule has 1 saturated carbocycles. The molecule has 0 aromatic rings. The van der Waals surface area contributed by atoms with E-state index < -0.39 is 14.6 Å². The lowest BCUT2D eigenvalue weighted by molar-refractivity contribution is 0.198. The third-order valence-corrected chi connectivity index (χ3v) is 5.67. The molecule has 0 amide bonds. The highest BCUT2D eigenvalue weighted by molar-refractivity contribution is 7.92. The van der Waals surface area contributed by atoms with E-state index >= 15 is 0 Å². The fourth-order valence-electron chi connectivity index (χ4n) is 1.91. The van der Waals surface area contributed by atoms with Crippen LogP contribution in [-0.4, -0.2) is 25.5 Å². The van der Waals surface area contributed by atoms with E-state index in [2.05, 4.69) is 5.43 Å². The summed E-state index contributed by atoms with van der Waals surface area (Å²) in [4.78, 5) is 0. The predicted octanol–water partition coefficient (Wildman–Crippen LogP) is 0.442. The van der Waals surface area contributed by atoms with Crippen LogP contribution in [0.2, 0.25) is 0 Å². The number of hydrogen-bond donors (Lipinski definition) is 2. The van der Waals surface area contributed by atoms with Crippen molar-refractivity contribution in [3.8, 4) is 0 Å². The van der Waals surface area contributed by atoms with Crippen molar-refractivity contribution in [3.63, 3.8) is 0 Å². The van der Waals surface area contributed by atoms with E-state index in [4.69, 9.17) is 5.84 Å². The van der Waals surface area contributed by atoms with Crippen LogP contribution in [0.4, 0.5) is 0 Å². The van der Waals surface area contributed by atoms with Crippen molar-refractivity contribution in [1.29, 1.82) is 0 Å². The molecule has 14 heavy (non-hydrogen) atoms. The van der Waals surface area contributed by atoms with Crippen LogP contribution in [0.15, 0.2) is 0 Å². The Balaban J connectivity index is 2.87. The van der Waals surface area contributed by atoms with Gasteiger partial charge in [-0.15, -0.1) is 0 Å². The molecule has 1 aliphatic carbocycles. The van der Waals surface area contributed by atoms with Gasteiger partial charge in [0.2, 0.25) is 0 Å². The fourth-order valence-corrected chi connectivity index (χ4v) is 2.63. The first-order valence-electron chi connectivity index (χ1n) is 4.96. The Kier molecular flexibility index (Phi) is 3.23. The Morgan fingerprint density at radius 2 is 1.93 bits per heavy atom. The maximum Gasteiger partial charge on any atom is 0.154 e. The Labute approximate surface area is 86.1 Å². The van der Waals surface area contributed by atoms with Gasteiger partial charge in [0.05, 0.1) is 4.75 Å². The maximum absolute atomic E-state index is 11.6. The maximum atomic E-state index is 11.6. The molecule has 0 radical (unpaired) electrons. The Bertz CT molecular complexity index is 294. The summed E-state index contributed by atoms with van der Waals surface area (Å²) in [6.07, 6.45) is 4.61. The van der Waals surface area contributed by atoms with Crippen molar-refractivity contribution in [2.45, 2.75) is 43.9 Å². The van der Waals surface area contributed by atoms with Gasteiger partial charge in [0.25, 0.3) is 0 Å². The van der Waals surface area contributed by atoms with E-state index in [1.165, 1.54) is 12.7 Å². The highest BCUT2D eigenvalue weighted by Gasteiger charge is 2.44. The molecule has 1 atom stereocenters. The minimum absolute atomic E-state index is 0.133. The Hall–Kier alpha value is -0.130. The number of hydrazine groups is 1. The van der Waals surface area contributed by atoms with Crippen molar-refractivity contribution >= 4 is 9.84 Å². The minimum Gasteiger partial charge on any atom is -0.271 e. The second-order valence-electron chi connectivity index (χ2n) is 4.71. The number of hydrogen-bond acceptors (Lipinski definition) is 4. The number of nitrogens with one attached hydrogen (secondary N) is 1. The van der Waals surface area contributed by atoms with Crippen molar-refractivity contribution in [3.05, 3.63) is 0 Å². The fraction of sp³-hybridized carbons (Fsp3) is 1.00. The van der Waals surface area contributed by atoms with Crippen LogP contribution in [0.3, 0.4) is 0 Å². The molecule has 84 valence electrons. The standard InChI is InChI=1S/C9H20N2O2S/c1-9(2,14(3,12)13)8(11-10)7-5-4-6-7/h7-8,11H,4-6,10H2,1-3H3. The highest BCUT2D eigenvalue weighted by atomic mass is 32.2. The predicted molar refractivity (Wildman–Crippen MR) is 57.4 cm³/mol. The van der Waals surface area contributed by atoms with Crippen molar-refractivity contribution in [2.75, 3.05) is 6.26 Å². The van der Waals surface area contributed by atoms with Crippen LogP contribution in [0, 0.1) is 5.92 Å². The Morgan fingerprint density at radius 3 is 2.14 bits per heavy atom. The van der Waals surface area contributed by atoms with Crippen LogP contribution in [0.1, 0.15) is 33.1 Å². The zero-order valence-electron chi connectivity index (χ0n) is 9.08. The summed E-state index contributed by atoms with van der Waals surface area (Å²) in [5.41, 5.74) is 2.67. The van der Waals surface area contributed by atoms with Gasteiger partial charge >= 0.3 is 0 Å². The lowest BCUT2D eigenvalue weighted by atomic mass is 9.76. The van der Waals surface area contributed by atoms with Crippen molar-refractivity contribution in [1.82, 2.24) is 5.43 Å². The molecule has 1 aliphatic rings. The van der Waals surface area contributed by atoms with Gasteiger partial charge in [-0.25, -0.2) is 8.42 Å². The van der Waals surface area contributed by atoms with E-state index in [9.17, 15) is 8.42 Å². The van der Waals surface area contributed by atoms with Crippen LogP contribution in [0.5, 0.6) is 0 Å².